The Morgan fingerprint density at radius 3 is 2.38 bits per heavy atom. The Bertz CT molecular complexity index is 669. The van der Waals surface area contributed by atoms with Crippen molar-refractivity contribution in [3.8, 4) is 0 Å². The highest BCUT2D eigenvalue weighted by Crippen LogP contribution is 2.36. The monoisotopic (exact) mass is 284 g/mol. The zero-order valence-electron chi connectivity index (χ0n) is 13.3. The summed E-state index contributed by atoms with van der Waals surface area (Å²) in [6.45, 7) is 10.3. The first-order chi connectivity index (χ1) is 9.82. The fourth-order valence-corrected chi connectivity index (χ4v) is 2.39. The molecule has 0 spiro atoms. The Balaban J connectivity index is 1.96. The summed E-state index contributed by atoms with van der Waals surface area (Å²) in [4.78, 5) is 8.88. The SMILES string of the molecule is CCc1ncc2cc(B3OC(C)(C)C(C)(C)O3)ccc2n1. The highest BCUT2D eigenvalue weighted by molar-refractivity contribution is 6.62. The van der Waals surface area contributed by atoms with E-state index in [0.29, 0.717) is 0 Å². The average Bonchev–Trinajstić information content (AvgIpc) is 2.66. The molecule has 1 aromatic carbocycles. The molecular formula is C16H21BN2O2. The van der Waals surface area contributed by atoms with Crippen molar-refractivity contribution < 1.29 is 9.31 Å². The van der Waals surface area contributed by atoms with Gasteiger partial charge in [-0.05, 0) is 39.2 Å². The lowest BCUT2D eigenvalue weighted by Gasteiger charge is -2.32. The summed E-state index contributed by atoms with van der Waals surface area (Å²) < 4.78 is 12.2. The van der Waals surface area contributed by atoms with Gasteiger partial charge >= 0.3 is 7.12 Å². The number of rotatable bonds is 2. The molecule has 0 saturated carbocycles. The van der Waals surface area contributed by atoms with Crippen LogP contribution in [-0.4, -0.2) is 28.3 Å². The highest BCUT2D eigenvalue weighted by atomic mass is 16.7. The van der Waals surface area contributed by atoms with Gasteiger partial charge in [-0.2, -0.15) is 0 Å². The summed E-state index contributed by atoms with van der Waals surface area (Å²) in [7, 11) is -0.342. The van der Waals surface area contributed by atoms with Gasteiger partial charge in [0.05, 0.1) is 16.7 Å². The zero-order chi connectivity index (χ0) is 15.3. The molecule has 110 valence electrons. The van der Waals surface area contributed by atoms with E-state index >= 15 is 0 Å². The summed E-state index contributed by atoms with van der Waals surface area (Å²) in [6.07, 6.45) is 2.71. The molecule has 4 nitrogen and oxygen atoms in total. The van der Waals surface area contributed by atoms with Gasteiger partial charge in [-0.25, -0.2) is 9.97 Å². The highest BCUT2D eigenvalue weighted by Gasteiger charge is 2.51. The van der Waals surface area contributed by atoms with Crippen molar-refractivity contribution in [1.29, 1.82) is 0 Å². The second-order valence-electron chi connectivity index (χ2n) is 6.55. The van der Waals surface area contributed by atoms with Gasteiger partial charge in [0.25, 0.3) is 0 Å². The zero-order valence-corrected chi connectivity index (χ0v) is 13.3. The van der Waals surface area contributed by atoms with E-state index in [4.69, 9.17) is 9.31 Å². The normalized spacial score (nSPS) is 20.1. The van der Waals surface area contributed by atoms with E-state index in [2.05, 4.69) is 50.7 Å². The lowest BCUT2D eigenvalue weighted by atomic mass is 9.78. The van der Waals surface area contributed by atoms with Crippen molar-refractivity contribution in [2.24, 2.45) is 0 Å². The molecule has 0 amide bonds. The number of aromatic nitrogens is 2. The Morgan fingerprint density at radius 1 is 1.10 bits per heavy atom. The van der Waals surface area contributed by atoms with E-state index in [-0.39, 0.29) is 18.3 Å². The van der Waals surface area contributed by atoms with Crippen LogP contribution in [0, 0.1) is 0 Å². The maximum atomic E-state index is 6.08. The second-order valence-corrected chi connectivity index (χ2v) is 6.55. The lowest BCUT2D eigenvalue weighted by molar-refractivity contribution is 0.00578. The molecule has 0 radical (unpaired) electrons. The van der Waals surface area contributed by atoms with Crippen molar-refractivity contribution in [3.05, 3.63) is 30.2 Å². The molecule has 1 aliphatic rings. The fourth-order valence-electron chi connectivity index (χ4n) is 2.39. The first-order valence-electron chi connectivity index (χ1n) is 7.43. The number of benzene rings is 1. The minimum Gasteiger partial charge on any atom is -0.399 e. The van der Waals surface area contributed by atoms with Gasteiger partial charge in [0.15, 0.2) is 0 Å². The molecule has 0 atom stereocenters. The largest absolute Gasteiger partial charge is 0.494 e. The smallest absolute Gasteiger partial charge is 0.399 e. The molecule has 1 aromatic heterocycles. The Hall–Kier alpha value is -1.46. The fraction of sp³-hybridized carbons (Fsp3) is 0.500. The first-order valence-corrected chi connectivity index (χ1v) is 7.43. The van der Waals surface area contributed by atoms with E-state index in [1.165, 1.54) is 0 Å². The number of hydrogen-bond acceptors (Lipinski definition) is 4. The van der Waals surface area contributed by atoms with E-state index in [1.807, 2.05) is 18.3 Å². The summed E-state index contributed by atoms with van der Waals surface area (Å²) in [5.41, 5.74) is 1.32. The molecular weight excluding hydrogens is 263 g/mol. The lowest BCUT2D eigenvalue weighted by Crippen LogP contribution is -2.41. The number of aryl methyl sites for hydroxylation is 1. The second kappa shape index (κ2) is 4.78. The van der Waals surface area contributed by atoms with Crippen molar-refractivity contribution in [1.82, 2.24) is 9.97 Å². The van der Waals surface area contributed by atoms with E-state index in [0.717, 1.165) is 28.6 Å². The minimum atomic E-state index is -0.342. The number of fused-ring (bicyclic) bond motifs is 1. The van der Waals surface area contributed by atoms with Crippen molar-refractivity contribution in [3.63, 3.8) is 0 Å². The van der Waals surface area contributed by atoms with Crippen LogP contribution in [0.3, 0.4) is 0 Å². The van der Waals surface area contributed by atoms with Gasteiger partial charge in [-0.3, -0.25) is 0 Å². The van der Waals surface area contributed by atoms with Crippen LogP contribution in [0.2, 0.25) is 0 Å². The maximum absolute atomic E-state index is 6.08. The van der Waals surface area contributed by atoms with E-state index < -0.39 is 0 Å². The van der Waals surface area contributed by atoms with Gasteiger partial charge in [-0.15, -0.1) is 0 Å². The summed E-state index contributed by atoms with van der Waals surface area (Å²) >= 11 is 0. The van der Waals surface area contributed by atoms with Crippen LogP contribution in [0.5, 0.6) is 0 Å². The van der Waals surface area contributed by atoms with E-state index in [9.17, 15) is 0 Å². The third-order valence-corrected chi connectivity index (χ3v) is 4.50. The van der Waals surface area contributed by atoms with Gasteiger partial charge < -0.3 is 9.31 Å². The molecule has 0 aliphatic carbocycles. The van der Waals surface area contributed by atoms with Gasteiger partial charge in [-0.1, -0.05) is 19.1 Å². The maximum Gasteiger partial charge on any atom is 0.494 e. The molecule has 1 aliphatic heterocycles. The van der Waals surface area contributed by atoms with Gasteiger partial charge in [0.2, 0.25) is 0 Å². The first kappa shape index (κ1) is 14.5. The van der Waals surface area contributed by atoms with Crippen LogP contribution < -0.4 is 5.46 Å². The molecule has 1 fully saturated rings. The summed E-state index contributed by atoms with van der Waals surface area (Å²) in [6, 6.07) is 6.09. The quantitative estimate of drug-likeness (QED) is 0.795. The van der Waals surface area contributed by atoms with Crippen molar-refractivity contribution in [2.45, 2.75) is 52.2 Å². The molecule has 0 unspecified atom stereocenters. The van der Waals surface area contributed by atoms with Gasteiger partial charge in [0, 0.05) is 18.0 Å². The molecule has 3 rings (SSSR count). The minimum absolute atomic E-state index is 0.324. The summed E-state index contributed by atoms with van der Waals surface area (Å²) in [5.74, 6) is 0.867. The molecule has 1 saturated heterocycles. The molecule has 0 bridgehead atoms. The van der Waals surface area contributed by atoms with Crippen LogP contribution in [0.15, 0.2) is 24.4 Å². The molecule has 21 heavy (non-hydrogen) atoms. The topological polar surface area (TPSA) is 44.2 Å². The predicted molar refractivity (Wildman–Crippen MR) is 84.6 cm³/mol. The average molecular weight is 284 g/mol. The van der Waals surface area contributed by atoms with Crippen LogP contribution in [0.25, 0.3) is 10.9 Å². The standard InChI is InChI=1S/C16H21BN2O2/c1-6-14-18-10-11-9-12(7-8-13(11)19-14)17-20-15(2,3)16(4,5)21-17/h7-10H,6H2,1-5H3. The van der Waals surface area contributed by atoms with Gasteiger partial charge in [0.1, 0.15) is 5.82 Å². The Kier molecular flexibility index (Phi) is 3.30. The number of nitrogens with zero attached hydrogens (tertiary/aromatic N) is 2. The third-order valence-electron chi connectivity index (χ3n) is 4.50. The molecule has 2 heterocycles. The van der Waals surface area contributed by atoms with Crippen LogP contribution >= 0.6 is 0 Å². The van der Waals surface area contributed by atoms with Crippen molar-refractivity contribution in [2.75, 3.05) is 0 Å². The Labute approximate surface area is 126 Å². The Morgan fingerprint density at radius 2 is 1.76 bits per heavy atom. The van der Waals surface area contributed by atoms with Crippen LogP contribution in [-0.2, 0) is 15.7 Å². The third kappa shape index (κ3) is 2.45. The van der Waals surface area contributed by atoms with Crippen LogP contribution in [0.1, 0.15) is 40.4 Å². The van der Waals surface area contributed by atoms with E-state index in [1.54, 1.807) is 0 Å². The number of hydrogen-bond donors (Lipinski definition) is 0. The van der Waals surface area contributed by atoms with Crippen LogP contribution in [0.4, 0.5) is 0 Å². The predicted octanol–water partition coefficient (Wildman–Crippen LogP) is 2.49. The van der Waals surface area contributed by atoms with Crippen molar-refractivity contribution >= 4 is 23.5 Å². The summed E-state index contributed by atoms with van der Waals surface area (Å²) in [5, 5.41) is 1.01. The molecule has 0 N–H and O–H groups in total. The molecule has 5 heteroatoms. The molecule has 2 aromatic rings.